The highest BCUT2D eigenvalue weighted by atomic mass is 16.5. The Labute approximate surface area is 147 Å². The molecule has 0 saturated heterocycles. The maximum atomic E-state index is 12.2. The molecule has 1 N–H and O–H groups in total. The van der Waals surface area contributed by atoms with Crippen molar-refractivity contribution in [3.05, 3.63) is 59.4 Å². The minimum Gasteiger partial charge on any atom is -0.492 e. The molecule has 0 spiro atoms. The van der Waals surface area contributed by atoms with Crippen molar-refractivity contribution in [1.29, 1.82) is 0 Å². The first-order valence-corrected chi connectivity index (χ1v) is 8.41. The second kappa shape index (κ2) is 7.38. The fraction of sp³-hybridized carbons (Fsp3) is 0.300. The van der Waals surface area contributed by atoms with Crippen LogP contribution in [-0.4, -0.2) is 28.6 Å². The van der Waals surface area contributed by atoms with Crippen molar-refractivity contribution < 1.29 is 9.53 Å². The van der Waals surface area contributed by atoms with Crippen LogP contribution in [0.2, 0.25) is 0 Å². The van der Waals surface area contributed by atoms with Gasteiger partial charge in [-0.05, 0) is 61.7 Å². The van der Waals surface area contributed by atoms with Crippen LogP contribution in [-0.2, 0) is 11.3 Å². The third kappa shape index (κ3) is 4.18. The number of amides is 1. The van der Waals surface area contributed by atoms with E-state index in [1.54, 1.807) is 6.33 Å². The van der Waals surface area contributed by atoms with Gasteiger partial charge in [0.15, 0.2) is 0 Å². The number of carbonyl (C=O) groups excluding carboxylic acids is 1. The summed E-state index contributed by atoms with van der Waals surface area (Å²) in [6.45, 7) is 7.32. The highest BCUT2D eigenvalue weighted by molar-refractivity contribution is 5.81. The van der Waals surface area contributed by atoms with E-state index in [2.05, 4.69) is 36.3 Å². The average Bonchev–Trinajstić information content (AvgIpc) is 2.94. The van der Waals surface area contributed by atoms with E-state index in [4.69, 9.17) is 4.74 Å². The van der Waals surface area contributed by atoms with E-state index >= 15 is 0 Å². The van der Waals surface area contributed by atoms with E-state index in [1.165, 1.54) is 11.1 Å². The molecule has 0 aliphatic rings. The van der Waals surface area contributed by atoms with Crippen LogP contribution in [0.3, 0.4) is 0 Å². The van der Waals surface area contributed by atoms with Crippen LogP contribution >= 0.6 is 0 Å². The van der Waals surface area contributed by atoms with E-state index in [0.29, 0.717) is 13.2 Å². The zero-order chi connectivity index (χ0) is 17.8. The molecule has 25 heavy (non-hydrogen) atoms. The van der Waals surface area contributed by atoms with Gasteiger partial charge < -0.3 is 14.6 Å². The number of hydrogen-bond acceptors (Lipinski definition) is 3. The summed E-state index contributed by atoms with van der Waals surface area (Å²) in [6.07, 6.45) is 1.71. The molecule has 0 unspecified atom stereocenters. The molecule has 0 saturated carbocycles. The van der Waals surface area contributed by atoms with E-state index in [0.717, 1.165) is 22.3 Å². The Hall–Kier alpha value is -2.82. The molecular formula is C20H23N3O2. The first-order chi connectivity index (χ1) is 12.0. The van der Waals surface area contributed by atoms with Crippen LogP contribution in [0.5, 0.6) is 5.75 Å². The number of fused-ring (bicyclic) bond motifs is 1. The average molecular weight is 337 g/mol. The van der Waals surface area contributed by atoms with Gasteiger partial charge in [-0.15, -0.1) is 0 Å². The topological polar surface area (TPSA) is 56.1 Å². The van der Waals surface area contributed by atoms with Crippen LogP contribution in [0.15, 0.2) is 42.7 Å². The predicted octanol–water partition coefficient (Wildman–Crippen LogP) is 3.16. The molecule has 3 aromatic rings. The molecule has 2 aromatic carbocycles. The zero-order valence-electron chi connectivity index (χ0n) is 14.9. The standard InChI is InChI=1S/C20H23N3O2/c1-14-5-4-6-17(9-14)25-8-7-21-20(24)12-23-13-22-18-10-15(2)16(3)11-19(18)23/h4-6,9-11,13H,7-8,12H2,1-3H3,(H,21,24). The van der Waals surface area contributed by atoms with Crippen molar-refractivity contribution >= 4 is 16.9 Å². The number of ether oxygens (including phenoxy) is 1. The van der Waals surface area contributed by atoms with Gasteiger partial charge in [-0.2, -0.15) is 0 Å². The number of hydrogen-bond donors (Lipinski definition) is 1. The van der Waals surface area contributed by atoms with Gasteiger partial charge >= 0.3 is 0 Å². The molecule has 0 aliphatic heterocycles. The van der Waals surface area contributed by atoms with E-state index < -0.39 is 0 Å². The van der Waals surface area contributed by atoms with Crippen molar-refractivity contribution in [2.45, 2.75) is 27.3 Å². The van der Waals surface area contributed by atoms with Crippen molar-refractivity contribution in [3.63, 3.8) is 0 Å². The van der Waals surface area contributed by atoms with Crippen molar-refractivity contribution in [1.82, 2.24) is 14.9 Å². The van der Waals surface area contributed by atoms with Crippen LogP contribution in [0, 0.1) is 20.8 Å². The number of aryl methyl sites for hydroxylation is 3. The third-order valence-corrected chi connectivity index (χ3v) is 4.23. The van der Waals surface area contributed by atoms with Gasteiger partial charge in [-0.3, -0.25) is 4.79 Å². The molecule has 0 atom stereocenters. The summed E-state index contributed by atoms with van der Waals surface area (Å²) in [5.41, 5.74) is 5.45. The lowest BCUT2D eigenvalue weighted by Crippen LogP contribution is -2.31. The lowest BCUT2D eigenvalue weighted by Gasteiger charge is -2.09. The van der Waals surface area contributed by atoms with Gasteiger partial charge in [0, 0.05) is 0 Å². The minimum absolute atomic E-state index is 0.0506. The number of carbonyl (C=O) groups is 1. The predicted molar refractivity (Wildman–Crippen MR) is 98.9 cm³/mol. The molecule has 0 bridgehead atoms. The smallest absolute Gasteiger partial charge is 0.240 e. The van der Waals surface area contributed by atoms with Crippen molar-refractivity contribution in [2.24, 2.45) is 0 Å². The number of benzene rings is 2. The molecule has 3 rings (SSSR count). The minimum atomic E-state index is -0.0506. The summed E-state index contributed by atoms with van der Waals surface area (Å²) in [4.78, 5) is 16.5. The zero-order valence-corrected chi connectivity index (χ0v) is 14.9. The van der Waals surface area contributed by atoms with E-state index in [1.807, 2.05) is 35.8 Å². The lowest BCUT2D eigenvalue weighted by molar-refractivity contribution is -0.121. The monoisotopic (exact) mass is 337 g/mol. The van der Waals surface area contributed by atoms with Crippen molar-refractivity contribution in [2.75, 3.05) is 13.2 Å². The quantitative estimate of drug-likeness (QED) is 0.703. The first-order valence-electron chi connectivity index (χ1n) is 8.41. The third-order valence-electron chi connectivity index (χ3n) is 4.23. The molecule has 0 aliphatic carbocycles. The van der Waals surface area contributed by atoms with E-state index in [9.17, 15) is 4.79 Å². The molecule has 0 fully saturated rings. The number of rotatable bonds is 6. The Bertz CT molecular complexity index is 899. The molecule has 0 radical (unpaired) electrons. The summed E-state index contributed by atoms with van der Waals surface area (Å²) in [5, 5.41) is 2.88. The Morgan fingerprint density at radius 2 is 1.96 bits per heavy atom. The molecule has 1 aromatic heterocycles. The molecular weight excluding hydrogens is 314 g/mol. The van der Waals surface area contributed by atoms with Gasteiger partial charge in [-0.1, -0.05) is 12.1 Å². The second-order valence-electron chi connectivity index (χ2n) is 6.31. The highest BCUT2D eigenvalue weighted by Crippen LogP contribution is 2.18. The lowest BCUT2D eigenvalue weighted by atomic mass is 10.1. The molecule has 1 amide bonds. The summed E-state index contributed by atoms with van der Waals surface area (Å²) >= 11 is 0. The maximum Gasteiger partial charge on any atom is 0.240 e. The summed E-state index contributed by atoms with van der Waals surface area (Å²) < 4.78 is 7.51. The van der Waals surface area contributed by atoms with Gasteiger partial charge in [0.05, 0.1) is 23.9 Å². The van der Waals surface area contributed by atoms with Gasteiger partial charge in [0.1, 0.15) is 18.9 Å². The molecule has 5 heteroatoms. The Morgan fingerprint density at radius 3 is 2.76 bits per heavy atom. The molecule has 130 valence electrons. The summed E-state index contributed by atoms with van der Waals surface area (Å²) in [6, 6.07) is 12.0. The van der Waals surface area contributed by atoms with E-state index in [-0.39, 0.29) is 12.5 Å². The van der Waals surface area contributed by atoms with Gasteiger partial charge in [0.25, 0.3) is 0 Å². The highest BCUT2D eigenvalue weighted by Gasteiger charge is 2.08. The largest absolute Gasteiger partial charge is 0.492 e. The fourth-order valence-corrected chi connectivity index (χ4v) is 2.71. The summed E-state index contributed by atoms with van der Waals surface area (Å²) in [7, 11) is 0. The number of nitrogens with zero attached hydrogens (tertiary/aromatic N) is 2. The number of imidazole rings is 1. The Balaban J connectivity index is 1.52. The van der Waals surface area contributed by atoms with Crippen LogP contribution in [0.1, 0.15) is 16.7 Å². The number of nitrogens with one attached hydrogen (secondary N) is 1. The molecule has 5 nitrogen and oxygen atoms in total. The fourth-order valence-electron chi connectivity index (χ4n) is 2.71. The normalized spacial score (nSPS) is 10.8. The number of aromatic nitrogens is 2. The van der Waals surface area contributed by atoms with Crippen LogP contribution in [0.4, 0.5) is 0 Å². The maximum absolute atomic E-state index is 12.2. The first kappa shape index (κ1) is 17.0. The second-order valence-corrected chi connectivity index (χ2v) is 6.31. The van der Waals surface area contributed by atoms with Crippen molar-refractivity contribution in [3.8, 4) is 5.75 Å². The Kier molecular flexibility index (Phi) is 5.03. The van der Waals surface area contributed by atoms with Crippen LogP contribution in [0.25, 0.3) is 11.0 Å². The van der Waals surface area contributed by atoms with Gasteiger partial charge in [-0.25, -0.2) is 4.98 Å². The SMILES string of the molecule is Cc1cccc(OCCNC(=O)Cn2cnc3cc(C)c(C)cc32)c1. The van der Waals surface area contributed by atoms with Crippen LogP contribution < -0.4 is 10.1 Å². The summed E-state index contributed by atoms with van der Waals surface area (Å²) in [5.74, 6) is 0.770. The molecule has 1 heterocycles. The van der Waals surface area contributed by atoms with Gasteiger partial charge in [0.2, 0.25) is 5.91 Å². The Morgan fingerprint density at radius 1 is 1.16 bits per heavy atom.